The standard InChI is InChI=1S/C36H20OS2/c1-3-7-33-25(5-1)29-19-23(11-15-35(29)38-33)21-9-13-31-27(17-21)28-18-22(10-14-32(28)37-31)24-12-16-36-30(20-24)26-6-2-4-8-34(26)39-36/h1-20H. The Labute approximate surface area is 232 Å². The van der Waals surface area contributed by atoms with Gasteiger partial charge in [0.1, 0.15) is 11.2 Å². The van der Waals surface area contributed by atoms with Gasteiger partial charge < -0.3 is 4.42 Å². The van der Waals surface area contributed by atoms with E-state index in [1.807, 2.05) is 22.7 Å². The number of thiophene rings is 2. The molecule has 3 heteroatoms. The molecule has 9 rings (SSSR count). The predicted molar refractivity (Wildman–Crippen MR) is 170 cm³/mol. The minimum atomic E-state index is 0.923. The van der Waals surface area contributed by atoms with Crippen LogP contribution in [-0.2, 0) is 0 Å². The molecule has 3 heterocycles. The summed E-state index contributed by atoms with van der Waals surface area (Å²) in [5, 5.41) is 7.61. The molecule has 182 valence electrons. The summed E-state index contributed by atoms with van der Waals surface area (Å²) in [7, 11) is 0. The molecule has 0 aliphatic carbocycles. The summed E-state index contributed by atoms with van der Waals surface area (Å²) in [4.78, 5) is 0. The van der Waals surface area contributed by atoms with Crippen LogP contribution in [0.3, 0.4) is 0 Å². The van der Waals surface area contributed by atoms with E-state index in [4.69, 9.17) is 4.42 Å². The van der Waals surface area contributed by atoms with E-state index in [1.165, 1.54) is 62.6 Å². The molecule has 0 saturated carbocycles. The summed E-state index contributed by atoms with van der Waals surface area (Å²) in [5.41, 5.74) is 6.72. The van der Waals surface area contributed by atoms with E-state index in [0.717, 1.165) is 21.9 Å². The van der Waals surface area contributed by atoms with Gasteiger partial charge in [-0.3, -0.25) is 0 Å². The molecule has 0 N–H and O–H groups in total. The highest BCUT2D eigenvalue weighted by Gasteiger charge is 2.13. The molecule has 0 saturated heterocycles. The molecule has 0 aliphatic heterocycles. The molecule has 0 bridgehead atoms. The van der Waals surface area contributed by atoms with Gasteiger partial charge in [0.2, 0.25) is 0 Å². The van der Waals surface area contributed by atoms with Crippen LogP contribution in [0.5, 0.6) is 0 Å². The van der Waals surface area contributed by atoms with Crippen LogP contribution < -0.4 is 0 Å². The van der Waals surface area contributed by atoms with Gasteiger partial charge in [0.15, 0.2) is 0 Å². The second kappa shape index (κ2) is 8.03. The van der Waals surface area contributed by atoms with E-state index >= 15 is 0 Å². The summed E-state index contributed by atoms with van der Waals surface area (Å²) < 4.78 is 11.6. The lowest BCUT2D eigenvalue weighted by molar-refractivity contribution is 0.669. The van der Waals surface area contributed by atoms with Crippen molar-refractivity contribution in [3.05, 3.63) is 121 Å². The highest BCUT2D eigenvalue weighted by Crippen LogP contribution is 2.40. The average molecular weight is 533 g/mol. The first kappa shape index (κ1) is 21.5. The number of fused-ring (bicyclic) bond motifs is 9. The summed E-state index contributed by atoms with van der Waals surface area (Å²) in [6.45, 7) is 0. The Kier molecular flexibility index (Phi) is 4.43. The van der Waals surface area contributed by atoms with E-state index in [1.54, 1.807) is 0 Å². The molecule has 1 nitrogen and oxygen atoms in total. The maximum atomic E-state index is 6.27. The molecule has 39 heavy (non-hydrogen) atoms. The Hall–Kier alpha value is -4.44. The van der Waals surface area contributed by atoms with Crippen molar-refractivity contribution in [3.63, 3.8) is 0 Å². The Bertz CT molecular complexity index is 2230. The van der Waals surface area contributed by atoms with Gasteiger partial charge in [-0.2, -0.15) is 0 Å². The van der Waals surface area contributed by atoms with Crippen LogP contribution in [0, 0.1) is 0 Å². The van der Waals surface area contributed by atoms with Crippen LogP contribution in [0.4, 0.5) is 0 Å². The summed E-state index contributed by atoms with van der Waals surface area (Å²) in [6.07, 6.45) is 0. The second-order valence-electron chi connectivity index (χ2n) is 10.1. The van der Waals surface area contributed by atoms with Gasteiger partial charge in [0.25, 0.3) is 0 Å². The maximum Gasteiger partial charge on any atom is 0.135 e. The molecule has 3 aromatic heterocycles. The van der Waals surface area contributed by atoms with Crippen molar-refractivity contribution in [3.8, 4) is 22.3 Å². The number of hydrogen-bond acceptors (Lipinski definition) is 3. The Morgan fingerprint density at radius 1 is 0.333 bits per heavy atom. The lowest BCUT2D eigenvalue weighted by Gasteiger charge is -2.04. The molecule has 0 fully saturated rings. The molecule has 9 aromatic rings. The highest BCUT2D eigenvalue weighted by atomic mass is 32.1. The van der Waals surface area contributed by atoms with Gasteiger partial charge in [0, 0.05) is 51.1 Å². The first-order chi connectivity index (χ1) is 19.3. The Morgan fingerprint density at radius 2 is 0.718 bits per heavy atom. The molecular weight excluding hydrogens is 513 g/mol. The molecule has 0 unspecified atom stereocenters. The van der Waals surface area contributed by atoms with Crippen LogP contribution in [0.25, 0.3) is 84.5 Å². The third kappa shape index (κ3) is 3.24. The fraction of sp³-hybridized carbons (Fsp3) is 0. The first-order valence-electron chi connectivity index (χ1n) is 13.1. The van der Waals surface area contributed by atoms with E-state index in [-0.39, 0.29) is 0 Å². The minimum absolute atomic E-state index is 0.923. The average Bonchev–Trinajstić information content (AvgIpc) is 3.66. The fourth-order valence-electron chi connectivity index (χ4n) is 5.95. The van der Waals surface area contributed by atoms with Crippen molar-refractivity contribution in [2.45, 2.75) is 0 Å². The number of benzene rings is 6. The van der Waals surface area contributed by atoms with Gasteiger partial charge in [0.05, 0.1) is 0 Å². The zero-order valence-corrected chi connectivity index (χ0v) is 22.4. The molecule has 0 radical (unpaired) electrons. The van der Waals surface area contributed by atoms with E-state index in [2.05, 4.69) is 121 Å². The number of rotatable bonds is 2. The zero-order chi connectivity index (χ0) is 25.5. The van der Waals surface area contributed by atoms with E-state index in [0.29, 0.717) is 0 Å². The van der Waals surface area contributed by atoms with Crippen molar-refractivity contribution in [1.29, 1.82) is 0 Å². The van der Waals surface area contributed by atoms with Crippen LogP contribution in [0.1, 0.15) is 0 Å². The summed E-state index contributed by atoms with van der Waals surface area (Å²) >= 11 is 3.72. The molecular formula is C36H20OS2. The van der Waals surface area contributed by atoms with Crippen LogP contribution >= 0.6 is 22.7 Å². The number of furan rings is 1. The zero-order valence-electron chi connectivity index (χ0n) is 20.8. The van der Waals surface area contributed by atoms with E-state index < -0.39 is 0 Å². The van der Waals surface area contributed by atoms with Gasteiger partial charge >= 0.3 is 0 Å². The predicted octanol–water partition coefficient (Wildman–Crippen LogP) is 11.7. The monoisotopic (exact) mass is 532 g/mol. The SMILES string of the molecule is c1ccc2c(c1)sc1ccc(-c3ccc4oc5ccc(-c6ccc7sc8ccccc8c7c6)cc5c4c3)cc12. The summed E-state index contributed by atoms with van der Waals surface area (Å²) in [5.74, 6) is 0. The molecule has 6 aromatic carbocycles. The van der Waals surface area contributed by atoms with Crippen LogP contribution in [-0.4, -0.2) is 0 Å². The largest absolute Gasteiger partial charge is 0.456 e. The van der Waals surface area contributed by atoms with Gasteiger partial charge in [-0.1, -0.05) is 60.7 Å². The first-order valence-corrected chi connectivity index (χ1v) is 14.7. The van der Waals surface area contributed by atoms with Crippen LogP contribution in [0.2, 0.25) is 0 Å². The Morgan fingerprint density at radius 3 is 1.21 bits per heavy atom. The third-order valence-corrected chi connectivity index (χ3v) is 10.2. The maximum absolute atomic E-state index is 6.27. The minimum Gasteiger partial charge on any atom is -0.456 e. The van der Waals surface area contributed by atoms with Crippen molar-refractivity contribution < 1.29 is 4.42 Å². The lowest BCUT2D eigenvalue weighted by Crippen LogP contribution is -1.79. The lowest BCUT2D eigenvalue weighted by atomic mass is 9.98. The van der Waals surface area contributed by atoms with Crippen molar-refractivity contribution in [2.75, 3.05) is 0 Å². The van der Waals surface area contributed by atoms with Crippen LogP contribution in [0.15, 0.2) is 126 Å². The Balaban J connectivity index is 1.20. The summed E-state index contributed by atoms with van der Waals surface area (Å²) in [6, 6.07) is 44.2. The number of hydrogen-bond donors (Lipinski definition) is 0. The molecule has 0 atom stereocenters. The van der Waals surface area contributed by atoms with Gasteiger partial charge in [-0.15, -0.1) is 22.7 Å². The van der Waals surface area contributed by atoms with Gasteiger partial charge in [-0.05, 0) is 82.9 Å². The quantitative estimate of drug-likeness (QED) is 0.216. The molecule has 0 aliphatic rings. The van der Waals surface area contributed by atoms with Gasteiger partial charge in [-0.25, -0.2) is 0 Å². The third-order valence-electron chi connectivity index (χ3n) is 7.89. The van der Waals surface area contributed by atoms with Crippen molar-refractivity contribution in [1.82, 2.24) is 0 Å². The van der Waals surface area contributed by atoms with Crippen molar-refractivity contribution in [2.24, 2.45) is 0 Å². The topological polar surface area (TPSA) is 13.1 Å². The van der Waals surface area contributed by atoms with Crippen molar-refractivity contribution >= 4 is 85.0 Å². The highest BCUT2D eigenvalue weighted by molar-refractivity contribution is 7.26. The molecule has 0 amide bonds. The normalized spacial score (nSPS) is 12.1. The van der Waals surface area contributed by atoms with E-state index in [9.17, 15) is 0 Å². The fourth-order valence-corrected chi connectivity index (χ4v) is 8.12. The molecule has 0 spiro atoms. The second-order valence-corrected chi connectivity index (χ2v) is 12.3. The smallest absolute Gasteiger partial charge is 0.135 e.